The van der Waals surface area contributed by atoms with Crippen molar-refractivity contribution in [2.75, 3.05) is 4.90 Å². The summed E-state index contributed by atoms with van der Waals surface area (Å²) in [5.74, 6) is 3.98. The molecule has 13 aromatic rings. The van der Waals surface area contributed by atoms with Crippen LogP contribution in [0, 0.1) is 0 Å². The molecule has 8 aliphatic rings. The quantitative estimate of drug-likeness (QED) is 0.135. The third-order valence-corrected chi connectivity index (χ3v) is 22.5. The van der Waals surface area contributed by atoms with Crippen LogP contribution in [0.2, 0.25) is 0 Å². The Labute approximate surface area is 585 Å². The Morgan fingerprint density at radius 1 is 0.436 bits per heavy atom. The molecule has 0 spiro atoms. The van der Waals surface area contributed by atoms with Crippen LogP contribution in [0.25, 0.3) is 111 Å². The molecule has 7 aliphatic carbocycles. The Kier molecular flexibility index (Phi) is 13.2. The van der Waals surface area contributed by atoms with Crippen LogP contribution in [0.3, 0.4) is 0 Å². The van der Waals surface area contributed by atoms with Crippen molar-refractivity contribution >= 4 is 83.0 Å². The van der Waals surface area contributed by atoms with E-state index in [1.165, 1.54) is 82.7 Å². The molecule has 0 fully saturated rings. The van der Waals surface area contributed by atoms with Gasteiger partial charge in [0.1, 0.15) is 5.82 Å². The second-order valence-electron chi connectivity index (χ2n) is 27.9. The van der Waals surface area contributed by atoms with Crippen LogP contribution in [-0.2, 0) is 5.66 Å². The summed E-state index contributed by atoms with van der Waals surface area (Å²) in [7, 11) is 0. The predicted molar refractivity (Wildman–Crippen MR) is 411 cm³/mol. The van der Waals surface area contributed by atoms with Gasteiger partial charge in [-0.25, -0.2) is 29.9 Å². The van der Waals surface area contributed by atoms with Gasteiger partial charge in [-0.05, 0) is 104 Å². The average molecular weight is 1300 g/mol. The summed E-state index contributed by atoms with van der Waals surface area (Å²) in [6.45, 7) is 0. The number of anilines is 1. The highest BCUT2D eigenvalue weighted by molar-refractivity contribution is 6.23. The molecular weight excluding hydrogens is 1230 g/mol. The fourth-order valence-electron chi connectivity index (χ4n) is 18.2. The van der Waals surface area contributed by atoms with Gasteiger partial charge in [0, 0.05) is 94.5 Å². The van der Waals surface area contributed by atoms with Crippen molar-refractivity contribution < 1.29 is 0 Å². The zero-order valence-electron chi connectivity index (χ0n) is 55.6. The van der Waals surface area contributed by atoms with Crippen molar-refractivity contribution in [3.8, 4) is 34.2 Å². The molecule has 0 saturated heterocycles. The maximum atomic E-state index is 5.68. The molecule has 0 radical (unpaired) electrons. The number of fused-ring (bicyclic) bond motifs is 16. The summed E-state index contributed by atoms with van der Waals surface area (Å²) < 4.78 is 8.26. The molecule has 101 heavy (non-hydrogen) atoms. The molecule has 8 aromatic carbocycles. The van der Waals surface area contributed by atoms with Gasteiger partial charge < -0.3 is 18.6 Å². The van der Waals surface area contributed by atoms with Crippen LogP contribution in [0.5, 0.6) is 0 Å². The lowest BCUT2D eigenvalue weighted by atomic mass is 9.82. The fraction of sp³-hybridized carbons (Fsp3) is 0.143. The molecule has 6 unspecified atom stereocenters. The minimum Gasteiger partial charge on any atom is -0.335 e. The standard InChI is InChI=1S/C91H68N10/c1-7-27-57(28-8-1)85-92-86(58-29-9-2-10-30-58)95-89(94-85)61-47-49-65-66-50-48-62(90-96-87(59-31-11-3-12-32-59)93-88(97-90)60-33-13-4-14-34-60)56-76(66)91(75(65)55-61,100-79-45-25-21-41-69(79)73-53-51-71-67-39-19-23-43-77(67)98(81(71)83(73)100)63-35-15-5-16-36-63)101-80-46-26-22-42-70(80)74-54-52-72-68-40-20-24-44-78(68)99(82(72)84(74)101)64-37-17-6-18-38-64/h1-3,5-13,15-31,33-35,37,39-47,49,51-56,59,63-64,73,83H,4,14,32,36,38,48,50H2. The fourth-order valence-corrected chi connectivity index (χ4v) is 18.2. The molecule has 6 heterocycles. The number of rotatable bonds is 10. The molecular formula is C91H68N10. The van der Waals surface area contributed by atoms with Gasteiger partial charge in [-0.3, -0.25) is 0 Å². The molecule has 6 atom stereocenters. The summed E-state index contributed by atoms with van der Waals surface area (Å²) in [5.41, 5.74) is 19.4. The first-order valence-corrected chi connectivity index (χ1v) is 35.9. The lowest BCUT2D eigenvalue weighted by molar-refractivity contribution is 0.377. The molecule has 1 aliphatic heterocycles. The number of aromatic nitrogens is 9. The second kappa shape index (κ2) is 23.0. The van der Waals surface area contributed by atoms with Gasteiger partial charge in [-0.2, -0.15) is 0 Å². The topological polar surface area (TPSA) is 95.4 Å². The van der Waals surface area contributed by atoms with E-state index in [0.717, 1.165) is 100 Å². The van der Waals surface area contributed by atoms with Gasteiger partial charge in [0.25, 0.3) is 0 Å². The SMILES string of the molecule is C1=CCC(c2nc(C3=CCCC=C3)nc(C3=CC4=C(CC3)c3ccc(-c5nc(-c6ccccc6)nc(-c6ccccc6)n5)cc3C4(N3c4ccccc4C4C=Cc5c(n(C6C=CC=CC6)c6ccccc56)C43)n3c4ccccc4c4ccc5c6ccccc6n(C6C=CC=CC6)c5c43)n2)C=C1. The first-order valence-electron chi connectivity index (χ1n) is 35.9. The van der Waals surface area contributed by atoms with Crippen LogP contribution in [-0.4, -0.2) is 43.6 Å². The Hall–Kier alpha value is -12.1. The maximum Gasteiger partial charge on any atom is 0.172 e. The van der Waals surface area contributed by atoms with Gasteiger partial charge >= 0.3 is 0 Å². The molecule has 10 heteroatoms. The Morgan fingerprint density at radius 3 is 1.75 bits per heavy atom. The molecule has 482 valence electrons. The van der Waals surface area contributed by atoms with Gasteiger partial charge in [0.05, 0.1) is 40.4 Å². The van der Waals surface area contributed by atoms with Gasteiger partial charge in [-0.1, -0.05) is 261 Å². The van der Waals surface area contributed by atoms with Crippen LogP contribution in [0.1, 0.15) is 120 Å². The van der Waals surface area contributed by atoms with E-state index in [9.17, 15) is 0 Å². The van der Waals surface area contributed by atoms with Crippen LogP contribution in [0.4, 0.5) is 5.69 Å². The van der Waals surface area contributed by atoms with Crippen molar-refractivity contribution in [2.45, 2.75) is 80.6 Å². The van der Waals surface area contributed by atoms with Crippen molar-refractivity contribution in [3.05, 3.63) is 342 Å². The number of hydrogen-bond acceptors (Lipinski definition) is 7. The minimum atomic E-state index is -1.23. The van der Waals surface area contributed by atoms with E-state index in [4.69, 9.17) is 29.9 Å². The van der Waals surface area contributed by atoms with Crippen LogP contribution >= 0.6 is 0 Å². The Balaban J connectivity index is 0.947. The highest BCUT2D eigenvalue weighted by Gasteiger charge is 2.60. The molecule has 0 amide bonds. The van der Waals surface area contributed by atoms with Gasteiger partial charge in [0.15, 0.2) is 34.8 Å². The van der Waals surface area contributed by atoms with Crippen molar-refractivity contribution in [1.29, 1.82) is 0 Å². The third-order valence-electron chi connectivity index (χ3n) is 22.5. The lowest BCUT2D eigenvalue weighted by Crippen LogP contribution is -2.53. The zero-order valence-corrected chi connectivity index (χ0v) is 55.6. The largest absolute Gasteiger partial charge is 0.335 e. The molecule has 0 N–H and O–H groups in total. The molecule has 10 nitrogen and oxygen atoms in total. The van der Waals surface area contributed by atoms with E-state index >= 15 is 0 Å². The first-order chi connectivity index (χ1) is 50.1. The zero-order chi connectivity index (χ0) is 66.3. The smallest absolute Gasteiger partial charge is 0.172 e. The van der Waals surface area contributed by atoms with Crippen molar-refractivity contribution in [1.82, 2.24) is 43.6 Å². The van der Waals surface area contributed by atoms with Crippen LogP contribution < -0.4 is 4.90 Å². The number of allylic oxidation sites excluding steroid dienone is 18. The van der Waals surface area contributed by atoms with Gasteiger partial charge in [-0.15, -0.1) is 0 Å². The molecule has 0 saturated carbocycles. The Bertz CT molecular complexity index is 5990. The number of hydrogen-bond donors (Lipinski definition) is 0. The van der Waals surface area contributed by atoms with E-state index in [-0.39, 0.29) is 30.0 Å². The number of nitrogens with zero attached hydrogens (tertiary/aromatic N) is 10. The summed E-state index contributed by atoms with van der Waals surface area (Å²) in [4.78, 5) is 36.1. The van der Waals surface area contributed by atoms with E-state index in [2.05, 4.69) is 304 Å². The highest BCUT2D eigenvalue weighted by atomic mass is 15.4. The summed E-state index contributed by atoms with van der Waals surface area (Å²) >= 11 is 0. The van der Waals surface area contributed by atoms with E-state index in [1.807, 2.05) is 12.1 Å². The summed E-state index contributed by atoms with van der Waals surface area (Å²) in [6, 6.07) is 69.5. The summed E-state index contributed by atoms with van der Waals surface area (Å²) in [5, 5.41) is 6.06. The summed E-state index contributed by atoms with van der Waals surface area (Å²) in [6.07, 6.45) is 47.4. The molecule has 5 aromatic heterocycles. The Morgan fingerprint density at radius 2 is 1.05 bits per heavy atom. The monoisotopic (exact) mass is 1300 g/mol. The predicted octanol–water partition coefficient (Wildman–Crippen LogP) is 21.4. The average Bonchev–Trinajstić information content (AvgIpc) is 1.49. The van der Waals surface area contributed by atoms with E-state index < -0.39 is 5.66 Å². The van der Waals surface area contributed by atoms with E-state index in [0.29, 0.717) is 23.9 Å². The number of para-hydroxylation sites is 4. The molecule has 21 rings (SSSR count). The minimum absolute atomic E-state index is 0.00443. The van der Waals surface area contributed by atoms with Crippen molar-refractivity contribution in [3.63, 3.8) is 0 Å². The maximum absolute atomic E-state index is 5.68. The van der Waals surface area contributed by atoms with Crippen LogP contribution in [0.15, 0.2) is 297 Å². The van der Waals surface area contributed by atoms with Crippen molar-refractivity contribution in [2.24, 2.45) is 0 Å². The molecule has 0 bridgehead atoms. The highest BCUT2D eigenvalue weighted by Crippen LogP contribution is 2.66. The normalized spacial score (nSPS) is 21.5. The first kappa shape index (κ1) is 57.9. The van der Waals surface area contributed by atoms with E-state index in [1.54, 1.807) is 0 Å². The second-order valence-corrected chi connectivity index (χ2v) is 27.9. The number of benzene rings is 8. The third kappa shape index (κ3) is 8.76. The van der Waals surface area contributed by atoms with Gasteiger partial charge in [0.2, 0.25) is 0 Å². The lowest BCUT2D eigenvalue weighted by Gasteiger charge is -2.50.